The summed E-state index contributed by atoms with van der Waals surface area (Å²) >= 11 is 0. The van der Waals surface area contributed by atoms with Crippen LogP contribution in [-0.4, -0.2) is 75.4 Å². The van der Waals surface area contributed by atoms with Crippen LogP contribution in [0.2, 0.25) is 0 Å². The molecule has 1 aromatic rings. The first-order valence-corrected chi connectivity index (χ1v) is 9.11. The van der Waals surface area contributed by atoms with Crippen LogP contribution in [0.15, 0.2) is 18.2 Å². The first-order valence-electron chi connectivity index (χ1n) is 9.11. The van der Waals surface area contributed by atoms with Gasteiger partial charge in [-0.25, -0.2) is 4.79 Å². The number of hydrogen-bond acceptors (Lipinski definition) is 7. The van der Waals surface area contributed by atoms with Crippen molar-refractivity contribution in [3.8, 4) is 11.5 Å². The van der Waals surface area contributed by atoms with Crippen molar-refractivity contribution in [3.05, 3.63) is 23.8 Å². The van der Waals surface area contributed by atoms with Gasteiger partial charge in [-0.15, -0.1) is 0 Å². The predicted molar refractivity (Wildman–Crippen MR) is 99.4 cm³/mol. The number of carbonyl (C=O) groups excluding carboxylic acids is 3. The fraction of sp³-hybridized carbons (Fsp3) is 0.526. The number of methoxy groups -OCH3 is 1. The highest BCUT2D eigenvalue weighted by Gasteiger charge is 2.21. The zero-order chi connectivity index (χ0) is 20.5. The van der Waals surface area contributed by atoms with Crippen molar-refractivity contribution in [2.45, 2.75) is 20.0 Å². The van der Waals surface area contributed by atoms with E-state index in [4.69, 9.17) is 18.9 Å². The van der Waals surface area contributed by atoms with Gasteiger partial charge in [0.05, 0.1) is 25.9 Å². The Bertz CT molecular complexity index is 702. The van der Waals surface area contributed by atoms with Gasteiger partial charge >= 0.3 is 5.97 Å². The summed E-state index contributed by atoms with van der Waals surface area (Å²) in [6.45, 7) is 5.68. The quantitative estimate of drug-likeness (QED) is 0.645. The summed E-state index contributed by atoms with van der Waals surface area (Å²) in [5.41, 5.74) is 0.208. The minimum absolute atomic E-state index is 0.144. The standard InChI is InChI=1S/C19H26N2O7/c1-4-20-18(23)13(2)28-19(24)14-5-6-15(16(11-14)25-3)27-12-17(22)21-7-9-26-10-8-21/h5-6,11,13H,4,7-10,12H2,1-3H3,(H,20,23)/t13-/m1/s1. The highest BCUT2D eigenvalue weighted by molar-refractivity contribution is 5.92. The lowest BCUT2D eigenvalue weighted by atomic mass is 10.2. The number of hydrogen-bond donors (Lipinski definition) is 1. The smallest absolute Gasteiger partial charge is 0.339 e. The van der Waals surface area contributed by atoms with Gasteiger partial charge in [-0.2, -0.15) is 0 Å². The first-order chi connectivity index (χ1) is 13.5. The van der Waals surface area contributed by atoms with E-state index in [2.05, 4.69) is 5.32 Å². The van der Waals surface area contributed by atoms with Crippen molar-refractivity contribution in [1.29, 1.82) is 0 Å². The molecular weight excluding hydrogens is 368 g/mol. The largest absolute Gasteiger partial charge is 0.493 e. The van der Waals surface area contributed by atoms with Crippen molar-refractivity contribution in [2.75, 3.05) is 46.6 Å². The van der Waals surface area contributed by atoms with E-state index in [0.717, 1.165) is 0 Å². The van der Waals surface area contributed by atoms with Crippen LogP contribution in [-0.2, 0) is 19.1 Å². The number of carbonyl (C=O) groups is 3. The van der Waals surface area contributed by atoms with Gasteiger partial charge in [0.25, 0.3) is 11.8 Å². The van der Waals surface area contributed by atoms with Crippen LogP contribution >= 0.6 is 0 Å². The number of nitrogens with zero attached hydrogens (tertiary/aromatic N) is 1. The van der Waals surface area contributed by atoms with Gasteiger partial charge in [0.2, 0.25) is 0 Å². The van der Waals surface area contributed by atoms with Crippen molar-refractivity contribution in [2.24, 2.45) is 0 Å². The second kappa shape index (κ2) is 10.5. The molecule has 1 aliphatic rings. The van der Waals surface area contributed by atoms with Crippen LogP contribution in [0, 0.1) is 0 Å². The van der Waals surface area contributed by atoms with Crippen molar-refractivity contribution in [1.82, 2.24) is 10.2 Å². The molecule has 28 heavy (non-hydrogen) atoms. The van der Waals surface area contributed by atoms with E-state index in [9.17, 15) is 14.4 Å². The molecule has 154 valence electrons. The average molecular weight is 394 g/mol. The van der Waals surface area contributed by atoms with Crippen molar-refractivity contribution >= 4 is 17.8 Å². The van der Waals surface area contributed by atoms with E-state index in [1.807, 2.05) is 0 Å². The van der Waals surface area contributed by atoms with Crippen LogP contribution < -0.4 is 14.8 Å². The molecule has 0 bridgehead atoms. The Labute approximate surface area is 163 Å². The monoisotopic (exact) mass is 394 g/mol. The molecule has 0 saturated carbocycles. The molecule has 1 aromatic carbocycles. The number of amides is 2. The predicted octanol–water partition coefficient (Wildman–Crippen LogP) is 0.614. The highest BCUT2D eigenvalue weighted by atomic mass is 16.5. The highest BCUT2D eigenvalue weighted by Crippen LogP contribution is 2.28. The molecule has 1 aliphatic heterocycles. The number of morpholine rings is 1. The second-order valence-corrected chi connectivity index (χ2v) is 6.09. The minimum Gasteiger partial charge on any atom is -0.493 e. The maximum absolute atomic E-state index is 12.2. The van der Waals surface area contributed by atoms with E-state index >= 15 is 0 Å². The van der Waals surface area contributed by atoms with Gasteiger partial charge < -0.3 is 29.2 Å². The summed E-state index contributed by atoms with van der Waals surface area (Å²) in [6, 6.07) is 4.46. The fourth-order valence-electron chi connectivity index (χ4n) is 2.56. The molecule has 0 spiro atoms. The summed E-state index contributed by atoms with van der Waals surface area (Å²) < 4.78 is 21.2. The lowest BCUT2D eigenvalue weighted by molar-refractivity contribution is -0.137. The third kappa shape index (κ3) is 5.85. The van der Waals surface area contributed by atoms with Gasteiger partial charge in [-0.3, -0.25) is 9.59 Å². The molecular formula is C19H26N2O7. The summed E-state index contributed by atoms with van der Waals surface area (Å²) in [6.07, 6.45) is -0.916. The third-order valence-corrected chi connectivity index (χ3v) is 4.12. The Balaban J connectivity index is 1.97. The van der Waals surface area contributed by atoms with E-state index in [-0.39, 0.29) is 29.7 Å². The van der Waals surface area contributed by atoms with Crippen molar-refractivity contribution < 1.29 is 33.3 Å². The molecule has 9 heteroatoms. The number of ether oxygens (including phenoxy) is 4. The zero-order valence-electron chi connectivity index (χ0n) is 16.4. The van der Waals surface area contributed by atoms with Gasteiger partial charge in [-0.1, -0.05) is 0 Å². The molecule has 9 nitrogen and oxygen atoms in total. The van der Waals surface area contributed by atoms with Gasteiger partial charge in [-0.05, 0) is 32.0 Å². The number of nitrogens with one attached hydrogen (secondary N) is 1. The Morgan fingerprint density at radius 2 is 1.93 bits per heavy atom. The average Bonchev–Trinajstić information content (AvgIpc) is 2.72. The molecule has 1 fully saturated rings. The molecule has 0 radical (unpaired) electrons. The Hall–Kier alpha value is -2.81. The summed E-state index contributed by atoms with van der Waals surface area (Å²) in [7, 11) is 1.43. The summed E-state index contributed by atoms with van der Waals surface area (Å²) in [5.74, 6) is -0.561. The molecule has 1 saturated heterocycles. The number of likely N-dealkylation sites (N-methyl/N-ethyl adjacent to an activating group) is 1. The maximum Gasteiger partial charge on any atom is 0.339 e. The van der Waals surface area contributed by atoms with Crippen LogP contribution in [0.1, 0.15) is 24.2 Å². The second-order valence-electron chi connectivity index (χ2n) is 6.09. The summed E-state index contributed by atoms with van der Waals surface area (Å²) in [4.78, 5) is 37.8. The number of benzene rings is 1. The van der Waals surface area contributed by atoms with Gasteiger partial charge in [0.15, 0.2) is 24.2 Å². The van der Waals surface area contributed by atoms with Crippen LogP contribution in [0.25, 0.3) is 0 Å². The lowest BCUT2D eigenvalue weighted by Crippen LogP contribution is -2.43. The zero-order valence-corrected chi connectivity index (χ0v) is 16.4. The molecule has 0 aliphatic carbocycles. The normalized spacial score (nSPS) is 14.8. The van der Waals surface area contributed by atoms with E-state index in [0.29, 0.717) is 38.6 Å². The number of rotatable bonds is 8. The Morgan fingerprint density at radius 1 is 1.21 bits per heavy atom. The topological polar surface area (TPSA) is 103 Å². The Morgan fingerprint density at radius 3 is 2.57 bits per heavy atom. The summed E-state index contributed by atoms with van der Waals surface area (Å²) in [5, 5.41) is 2.58. The molecule has 0 aromatic heterocycles. The van der Waals surface area contributed by atoms with Crippen molar-refractivity contribution in [3.63, 3.8) is 0 Å². The van der Waals surface area contributed by atoms with Crippen LogP contribution in [0.5, 0.6) is 11.5 Å². The van der Waals surface area contributed by atoms with E-state index in [1.165, 1.54) is 32.2 Å². The lowest BCUT2D eigenvalue weighted by Gasteiger charge is -2.26. The maximum atomic E-state index is 12.2. The molecule has 1 heterocycles. The molecule has 1 atom stereocenters. The molecule has 0 unspecified atom stereocenters. The molecule has 2 amide bonds. The Kier molecular flexibility index (Phi) is 8.06. The molecule has 1 N–H and O–H groups in total. The number of esters is 1. The molecule has 2 rings (SSSR count). The van der Waals surface area contributed by atoms with Gasteiger partial charge in [0, 0.05) is 19.6 Å². The fourth-order valence-corrected chi connectivity index (χ4v) is 2.56. The van der Waals surface area contributed by atoms with Crippen LogP contribution in [0.4, 0.5) is 0 Å². The SMILES string of the molecule is CCNC(=O)[C@@H](C)OC(=O)c1ccc(OCC(=O)N2CCOCC2)c(OC)c1. The van der Waals surface area contributed by atoms with E-state index < -0.39 is 12.1 Å². The minimum atomic E-state index is -0.916. The van der Waals surface area contributed by atoms with Gasteiger partial charge in [0.1, 0.15) is 0 Å². The van der Waals surface area contributed by atoms with E-state index in [1.54, 1.807) is 11.8 Å². The first kappa shape index (κ1) is 21.5. The third-order valence-electron chi connectivity index (χ3n) is 4.12. The van der Waals surface area contributed by atoms with Crippen LogP contribution in [0.3, 0.4) is 0 Å².